The SMILES string of the molecule is Cc1cnc2c(Cl)cccc2c1-c1cccc(Oc2cccc(S(=O)(=O)CCC(C)(C)O)c2)c1. The van der Waals surface area contributed by atoms with Gasteiger partial charge in [-0.3, -0.25) is 4.98 Å². The van der Waals surface area contributed by atoms with Gasteiger partial charge >= 0.3 is 0 Å². The Labute approximate surface area is 204 Å². The van der Waals surface area contributed by atoms with Crippen LogP contribution in [-0.2, 0) is 9.84 Å². The normalized spacial score (nSPS) is 12.1. The van der Waals surface area contributed by atoms with E-state index in [1.54, 1.807) is 38.2 Å². The largest absolute Gasteiger partial charge is 0.457 e. The molecule has 0 spiro atoms. The minimum atomic E-state index is -3.55. The molecule has 0 radical (unpaired) electrons. The number of halogens is 1. The van der Waals surface area contributed by atoms with Gasteiger partial charge in [-0.25, -0.2) is 8.42 Å². The number of benzene rings is 3. The van der Waals surface area contributed by atoms with Gasteiger partial charge in [0, 0.05) is 11.6 Å². The topological polar surface area (TPSA) is 76.5 Å². The quantitative estimate of drug-likeness (QED) is 0.313. The third-order valence-electron chi connectivity index (χ3n) is 5.54. The Morgan fingerprint density at radius 2 is 1.68 bits per heavy atom. The van der Waals surface area contributed by atoms with Crippen LogP contribution in [0.4, 0.5) is 0 Å². The van der Waals surface area contributed by atoms with E-state index in [4.69, 9.17) is 16.3 Å². The van der Waals surface area contributed by atoms with E-state index >= 15 is 0 Å². The number of aliphatic hydroxyl groups is 1. The number of pyridine rings is 1. The Morgan fingerprint density at radius 3 is 2.41 bits per heavy atom. The third kappa shape index (κ3) is 5.41. The maximum absolute atomic E-state index is 12.7. The molecule has 1 N–H and O–H groups in total. The summed E-state index contributed by atoms with van der Waals surface area (Å²) in [6.45, 7) is 5.19. The van der Waals surface area contributed by atoms with Crippen LogP contribution in [0.15, 0.2) is 77.8 Å². The van der Waals surface area contributed by atoms with Crippen molar-refractivity contribution in [1.29, 1.82) is 0 Å². The van der Waals surface area contributed by atoms with E-state index in [0.717, 1.165) is 27.6 Å². The summed E-state index contributed by atoms with van der Waals surface area (Å²) in [6.07, 6.45) is 1.95. The first-order chi connectivity index (χ1) is 16.0. The number of aryl methyl sites for hydroxylation is 1. The van der Waals surface area contributed by atoms with Gasteiger partial charge in [0.05, 0.1) is 26.8 Å². The molecule has 176 valence electrons. The number of ether oxygens (including phenoxy) is 1. The number of fused-ring (bicyclic) bond motifs is 1. The van der Waals surface area contributed by atoms with Gasteiger partial charge < -0.3 is 9.84 Å². The molecule has 34 heavy (non-hydrogen) atoms. The summed E-state index contributed by atoms with van der Waals surface area (Å²) >= 11 is 6.36. The van der Waals surface area contributed by atoms with Crippen LogP contribution < -0.4 is 4.74 Å². The Bertz CT molecular complexity index is 1460. The first-order valence-corrected chi connectivity index (χ1v) is 12.9. The van der Waals surface area contributed by atoms with Crippen molar-refractivity contribution in [1.82, 2.24) is 4.98 Å². The van der Waals surface area contributed by atoms with Crippen molar-refractivity contribution in [3.8, 4) is 22.6 Å². The van der Waals surface area contributed by atoms with Gasteiger partial charge in [0.2, 0.25) is 0 Å². The van der Waals surface area contributed by atoms with Gasteiger partial charge in [-0.1, -0.05) is 41.9 Å². The highest BCUT2D eigenvalue weighted by molar-refractivity contribution is 7.91. The number of para-hydroxylation sites is 1. The highest BCUT2D eigenvalue weighted by atomic mass is 35.5. The summed E-state index contributed by atoms with van der Waals surface area (Å²) in [7, 11) is -3.55. The van der Waals surface area contributed by atoms with E-state index in [-0.39, 0.29) is 17.1 Å². The van der Waals surface area contributed by atoms with E-state index in [0.29, 0.717) is 16.5 Å². The molecule has 0 aliphatic carbocycles. The molecule has 3 aromatic carbocycles. The number of nitrogens with zero attached hydrogens (tertiary/aromatic N) is 1. The first kappa shape index (κ1) is 24.2. The van der Waals surface area contributed by atoms with Crippen molar-refractivity contribution in [3.63, 3.8) is 0 Å². The van der Waals surface area contributed by atoms with Crippen molar-refractivity contribution >= 4 is 32.3 Å². The number of hydrogen-bond donors (Lipinski definition) is 1. The van der Waals surface area contributed by atoms with Crippen LogP contribution in [0.5, 0.6) is 11.5 Å². The summed E-state index contributed by atoms with van der Waals surface area (Å²) in [5.41, 5.74) is 2.65. The molecule has 4 rings (SSSR count). The summed E-state index contributed by atoms with van der Waals surface area (Å²) in [6, 6.07) is 19.8. The van der Waals surface area contributed by atoms with Gasteiger partial charge in [0.15, 0.2) is 9.84 Å². The predicted molar refractivity (Wildman–Crippen MR) is 136 cm³/mol. The zero-order valence-electron chi connectivity index (χ0n) is 19.2. The molecule has 0 fully saturated rings. The lowest BCUT2D eigenvalue weighted by atomic mass is 9.97. The van der Waals surface area contributed by atoms with Gasteiger partial charge in [0.25, 0.3) is 0 Å². The van der Waals surface area contributed by atoms with E-state index in [1.807, 2.05) is 49.4 Å². The maximum atomic E-state index is 12.7. The standard InChI is InChI=1S/C27H26ClNO4S/c1-18-17-29-26-23(11-6-12-24(26)28)25(18)19-7-4-8-20(15-19)33-21-9-5-10-22(16-21)34(31,32)14-13-27(2,3)30/h4-12,15-17,30H,13-14H2,1-3H3. The number of hydrogen-bond acceptors (Lipinski definition) is 5. The lowest BCUT2D eigenvalue weighted by molar-refractivity contribution is 0.0772. The predicted octanol–water partition coefficient (Wildman–Crippen LogP) is 6.59. The smallest absolute Gasteiger partial charge is 0.178 e. The highest BCUT2D eigenvalue weighted by Gasteiger charge is 2.21. The van der Waals surface area contributed by atoms with Crippen LogP contribution in [0.25, 0.3) is 22.0 Å². The second-order valence-electron chi connectivity index (χ2n) is 8.94. The fraction of sp³-hybridized carbons (Fsp3) is 0.222. The van der Waals surface area contributed by atoms with Gasteiger partial charge in [-0.2, -0.15) is 0 Å². The molecule has 0 amide bonds. The zero-order chi connectivity index (χ0) is 24.5. The average Bonchev–Trinajstić information content (AvgIpc) is 2.78. The van der Waals surface area contributed by atoms with Crippen LogP contribution in [0.2, 0.25) is 5.02 Å². The minimum Gasteiger partial charge on any atom is -0.457 e. The monoisotopic (exact) mass is 495 g/mol. The van der Waals surface area contributed by atoms with E-state index in [9.17, 15) is 13.5 Å². The summed E-state index contributed by atoms with van der Waals surface area (Å²) in [5, 5.41) is 11.4. The molecular weight excluding hydrogens is 470 g/mol. The van der Waals surface area contributed by atoms with Crippen molar-refractivity contribution in [2.75, 3.05) is 5.75 Å². The Morgan fingerprint density at radius 1 is 1.00 bits per heavy atom. The fourth-order valence-electron chi connectivity index (χ4n) is 3.75. The van der Waals surface area contributed by atoms with Gasteiger partial charge in [0.1, 0.15) is 11.5 Å². The lowest BCUT2D eigenvalue weighted by Crippen LogP contribution is -2.23. The summed E-state index contributed by atoms with van der Waals surface area (Å²) < 4.78 is 31.5. The highest BCUT2D eigenvalue weighted by Crippen LogP contribution is 2.36. The molecule has 0 unspecified atom stereocenters. The molecule has 0 atom stereocenters. The minimum absolute atomic E-state index is 0.145. The molecule has 5 nitrogen and oxygen atoms in total. The number of aromatic nitrogens is 1. The van der Waals surface area contributed by atoms with Crippen LogP contribution in [-0.4, -0.2) is 29.9 Å². The zero-order valence-corrected chi connectivity index (χ0v) is 20.8. The van der Waals surface area contributed by atoms with E-state index in [1.165, 1.54) is 6.07 Å². The van der Waals surface area contributed by atoms with Crippen LogP contribution in [0.1, 0.15) is 25.8 Å². The first-order valence-electron chi connectivity index (χ1n) is 10.9. The Kier molecular flexibility index (Phi) is 6.67. The molecule has 1 heterocycles. The molecule has 7 heteroatoms. The van der Waals surface area contributed by atoms with Crippen molar-refractivity contribution in [2.45, 2.75) is 37.7 Å². The molecule has 0 bridgehead atoms. The lowest BCUT2D eigenvalue weighted by Gasteiger charge is -2.17. The van der Waals surface area contributed by atoms with Gasteiger partial charge in [-0.15, -0.1) is 0 Å². The molecule has 0 aliphatic rings. The molecule has 0 saturated carbocycles. The molecular formula is C27H26ClNO4S. The van der Waals surface area contributed by atoms with Crippen LogP contribution in [0.3, 0.4) is 0 Å². The van der Waals surface area contributed by atoms with Gasteiger partial charge in [-0.05, 0) is 80.3 Å². The molecule has 0 aliphatic heterocycles. The second kappa shape index (κ2) is 9.37. The van der Waals surface area contributed by atoms with Crippen molar-refractivity contribution in [3.05, 3.63) is 83.5 Å². The number of rotatable bonds is 7. The Balaban J connectivity index is 1.65. The van der Waals surface area contributed by atoms with E-state index in [2.05, 4.69) is 4.98 Å². The van der Waals surface area contributed by atoms with Crippen molar-refractivity contribution < 1.29 is 18.3 Å². The average molecular weight is 496 g/mol. The van der Waals surface area contributed by atoms with E-state index < -0.39 is 15.4 Å². The molecule has 0 saturated heterocycles. The second-order valence-corrected chi connectivity index (χ2v) is 11.5. The number of sulfone groups is 1. The summed E-state index contributed by atoms with van der Waals surface area (Å²) in [5.74, 6) is 0.850. The molecule has 4 aromatic rings. The molecule has 1 aromatic heterocycles. The van der Waals surface area contributed by atoms with Crippen molar-refractivity contribution in [2.24, 2.45) is 0 Å². The third-order valence-corrected chi connectivity index (χ3v) is 7.56. The van der Waals surface area contributed by atoms with Crippen LogP contribution in [0, 0.1) is 6.92 Å². The summed E-state index contributed by atoms with van der Waals surface area (Å²) in [4.78, 5) is 4.65. The van der Waals surface area contributed by atoms with Crippen LogP contribution >= 0.6 is 11.6 Å². The fourth-order valence-corrected chi connectivity index (χ4v) is 5.56. The maximum Gasteiger partial charge on any atom is 0.178 e. The Hall–Kier alpha value is -2.93.